The van der Waals surface area contributed by atoms with Crippen molar-refractivity contribution in [1.29, 1.82) is 0 Å². The molecule has 0 aliphatic heterocycles. The van der Waals surface area contributed by atoms with E-state index in [0.717, 1.165) is 5.56 Å². The van der Waals surface area contributed by atoms with Gasteiger partial charge in [-0.3, -0.25) is 0 Å². The van der Waals surface area contributed by atoms with Gasteiger partial charge in [0.2, 0.25) is 0 Å². The van der Waals surface area contributed by atoms with Gasteiger partial charge in [-0.25, -0.2) is 9.59 Å². The molecule has 4 N–H and O–H groups in total. The minimum Gasteiger partial charge on any atom is -0.442 e. The number of rotatable bonds is 2. The van der Waals surface area contributed by atoms with Crippen LogP contribution in [0.25, 0.3) is 0 Å². The fraction of sp³-hybridized carbons (Fsp3) is 0.333. The summed E-state index contributed by atoms with van der Waals surface area (Å²) < 4.78 is 10.00. The van der Waals surface area contributed by atoms with Gasteiger partial charge in [0, 0.05) is 10.6 Å². The molecule has 0 bridgehead atoms. The predicted octanol–water partition coefficient (Wildman–Crippen LogP) is 1.89. The number of carbonyl (C=O) groups excluding carboxylic acids is 2. The number of aryl methyl sites for hydroxylation is 1. The highest BCUT2D eigenvalue weighted by Crippen LogP contribution is 2.38. The summed E-state index contributed by atoms with van der Waals surface area (Å²) in [5.74, 6) is 0. The molecule has 0 aromatic heterocycles. The molecule has 19 heavy (non-hydrogen) atoms. The van der Waals surface area contributed by atoms with Gasteiger partial charge in [-0.05, 0) is 24.5 Å². The van der Waals surface area contributed by atoms with Crippen LogP contribution >= 0.6 is 11.6 Å². The first-order valence-electron chi connectivity index (χ1n) is 5.68. The second-order valence-electron chi connectivity index (χ2n) is 4.18. The number of halogens is 1. The summed E-state index contributed by atoms with van der Waals surface area (Å²) in [5.41, 5.74) is 11.6. The summed E-state index contributed by atoms with van der Waals surface area (Å²) in [6.45, 7) is 0. The average molecular weight is 285 g/mol. The van der Waals surface area contributed by atoms with E-state index in [-0.39, 0.29) is 0 Å². The lowest BCUT2D eigenvalue weighted by Crippen LogP contribution is -2.36. The molecule has 2 amide bonds. The highest BCUT2D eigenvalue weighted by atomic mass is 35.5. The van der Waals surface area contributed by atoms with Crippen molar-refractivity contribution in [2.24, 2.45) is 11.5 Å². The smallest absolute Gasteiger partial charge is 0.405 e. The predicted molar refractivity (Wildman–Crippen MR) is 67.6 cm³/mol. The van der Waals surface area contributed by atoms with Crippen molar-refractivity contribution in [1.82, 2.24) is 0 Å². The molecule has 7 heteroatoms. The number of nitrogens with two attached hydrogens (primary N) is 2. The lowest BCUT2D eigenvalue weighted by molar-refractivity contribution is -0.0141. The summed E-state index contributed by atoms with van der Waals surface area (Å²) in [6.07, 6.45) is -2.28. The van der Waals surface area contributed by atoms with Gasteiger partial charge in [-0.1, -0.05) is 23.7 Å². The quantitative estimate of drug-likeness (QED) is 0.865. The zero-order valence-electron chi connectivity index (χ0n) is 9.97. The van der Waals surface area contributed by atoms with Gasteiger partial charge in [0.1, 0.15) is 6.10 Å². The van der Waals surface area contributed by atoms with Gasteiger partial charge in [-0.2, -0.15) is 0 Å². The summed E-state index contributed by atoms with van der Waals surface area (Å²) in [5, 5.41) is 0.432. The third kappa shape index (κ3) is 2.90. The van der Waals surface area contributed by atoms with Crippen molar-refractivity contribution >= 4 is 23.8 Å². The van der Waals surface area contributed by atoms with E-state index in [1.807, 2.05) is 6.07 Å². The molecular weight excluding hydrogens is 272 g/mol. The molecule has 6 nitrogen and oxygen atoms in total. The van der Waals surface area contributed by atoms with Crippen LogP contribution in [0, 0.1) is 0 Å². The highest BCUT2D eigenvalue weighted by molar-refractivity contribution is 6.31. The van der Waals surface area contributed by atoms with Gasteiger partial charge in [0.05, 0.1) is 0 Å². The Labute approximate surface area is 114 Å². The number of hydrogen-bond donors (Lipinski definition) is 2. The number of hydrogen-bond acceptors (Lipinski definition) is 4. The molecule has 0 radical (unpaired) electrons. The molecule has 0 unspecified atom stereocenters. The van der Waals surface area contributed by atoms with Crippen LogP contribution in [0.5, 0.6) is 0 Å². The van der Waals surface area contributed by atoms with E-state index < -0.39 is 24.4 Å². The fourth-order valence-corrected chi connectivity index (χ4v) is 2.58. The Hall–Kier alpha value is -1.95. The van der Waals surface area contributed by atoms with Gasteiger partial charge < -0.3 is 20.9 Å². The number of amides is 2. The lowest BCUT2D eigenvalue weighted by atomic mass is 9.87. The largest absolute Gasteiger partial charge is 0.442 e. The van der Waals surface area contributed by atoms with E-state index in [1.165, 1.54) is 0 Å². The molecule has 0 saturated carbocycles. The van der Waals surface area contributed by atoms with Crippen molar-refractivity contribution in [3.05, 3.63) is 34.3 Å². The molecule has 0 fully saturated rings. The molecule has 102 valence electrons. The van der Waals surface area contributed by atoms with Crippen LogP contribution in [0.1, 0.15) is 23.7 Å². The van der Waals surface area contributed by atoms with Crippen LogP contribution in [0.4, 0.5) is 9.59 Å². The molecule has 0 saturated heterocycles. The Morgan fingerprint density at radius 3 is 2.53 bits per heavy atom. The SMILES string of the molecule is NC(=O)O[C@@H]1CCc2cccc(Cl)c2[C@@H]1OC(N)=O. The van der Waals surface area contributed by atoms with Crippen LogP contribution in [-0.4, -0.2) is 18.3 Å². The van der Waals surface area contributed by atoms with E-state index in [1.54, 1.807) is 12.1 Å². The molecule has 2 rings (SSSR count). The van der Waals surface area contributed by atoms with E-state index in [2.05, 4.69) is 0 Å². The molecule has 1 aliphatic rings. The third-order valence-electron chi connectivity index (χ3n) is 2.97. The number of primary amides is 2. The summed E-state index contributed by atoms with van der Waals surface area (Å²) >= 11 is 6.12. The van der Waals surface area contributed by atoms with Crippen molar-refractivity contribution in [3.63, 3.8) is 0 Å². The maximum absolute atomic E-state index is 11.0. The minimum absolute atomic E-state index is 0.432. The first-order valence-corrected chi connectivity index (χ1v) is 6.06. The molecule has 1 aliphatic carbocycles. The van der Waals surface area contributed by atoms with E-state index in [9.17, 15) is 9.59 Å². The molecule has 2 atom stereocenters. The van der Waals surface area contributed by atoms with Crippen molar-refractivity contribution in [3.8, 4) is 0 Å². The maximum atomic E-state index is 11.0. The topological polar surface area (TPSA) is 105 Å². The number of ether oxygens (including phenoxy) is 2. The summed E-state index contributed by atoms with van der Waals surface area (Å²) in [4.78, 5) is 21.9. The van der Waals surface area contributed by atoms with Crippen LogP contribution in [0.3, 0.4) is 0 Å². The fourth-order valence-electron chi connectivity index (χ4n) is 2.28. The monoisotopic (exact) mass is 284 g/mol. The van der Waals surface area contributed by atoms with E-state index in [0.29, 0.717) is 23.4 Å². The van der Waals surface area contributed by atoms with Gasteiger partial charge in [0.25, 0.3) is 0 Å². The van der Waals surface area contributed by atoms with Gasteiger partial charge in [0.15, 0.2) is 6.10 Å². The van der Waals surface area contributed by atoms with Crippen LogP contribution in [0.2, 0.25) is 5.02 Å². The third-order valence-corrected chi connectivity index (χ3v) is 3.30. The Bertz CT molecular complexity index is 520. The first-order chi connectivity index (χ1) is 8.99. The molecule has 1 aromatic rings. The molecule has 1 aromatic carbocycles. The molecule has 0 heterocycles. The Kier molecular flexibility index (Phi) is 3.80. The standard InChI is InChI=1S/C12H13ClN2O4/c13-7-3-1-2-6-4-5-8(18-11(14)16)10(9(6)7)19-12(15)17/h1-3,8,10H,4-5H2,(H2,14,16)(H2,15,17)/t8-,10-/m1/s1. The molecular formula is C12H13ClN2O4. The number of carbonyl (C=O) groups is 2. The van der Waals surface area contributed by atoms with Crippen LogP contribution in [0.15, 0.2) is 18.2 Å². The Morgan fingerprint density at radius 2 is 1.89 bits per heavy atom. The van der Waals surface area contributed by atoms with Crippen molar-refractivity contribution < 1.29 is 19.1 Å². The minimum atomic E-state index is -0.962. The lowest BCUT2D eigenvalue weighted by Gasteiger charge is -2.32. The Balaban J connectivity index is 2.39. The number of benzene rings is 1. The van der Waals surface area contributed by atoms with Gasteiger partial charge in [-0.15, -0.1) is 0 Å². The summed E-state index contributed by atoms with van der Waals surface area (Å²) in [7, 11) is 0. The first kappa shape index (κ1) is 13.5. The highest BCUT2D eigenvalue weighted by Gasteiger charge is 2.36. The number of fused-ring (bicyclic) bond motifs is 1. The van der Waals surface area contributed by atoms with Crippen molar-refractivity contribution in [2.75, 3.05) is 0 Å². The maximum Gasteiger partial charge on any atom is 0.405 e. The van der Waals surface area contributed by atoms with E-state index in [4.69, 9.17) is 32.5 Å². The second-order valence-corrected chi connectivity index (χ2v) is 4.59. The average Bonchev–Trinajstić information content (AvgIpc) is 2.31. The summed E-state index contributed by atoms with van der Waals surface area (Å²) in [6, 6.07) is 5.35. The van der Waals surface area contributed by atoms with Crippen LogP contribution in [-0.2, 0) is 15.9 Å². The van der Waals surface area contributed by atoms with Crippen LogP contribution < -0.4 is 11.5 Å². The Morgan fingerprint density at radius 1 is 1.21 bits per heavy atom. The van der Waals surface area contributed by atoms with Gasteiger partial charge >= 0.3 is 12.2 Å². The zero-order chi connectivity index (χ0) is 14.0. The zero-order valence-corrected chi connectivity index (χ0v) is 10.7. The normalized spacial score (nSPS) is 21.3. The van der Waals surface area contributed by atoms with E-state index >= 15 is 0 Å². The second kappa shape index (κ2) is 5.36. The van der Waals surface area contributed by atoms with Crippen molar-refractivity contribution in [2.45, 2.75) is 25.0 Å². The molecule has 0 spiro atoms.